The van der Waals surface area contributed by atoms with Gasteiger partial charge in [0.1, 0.15) is 0 Å². The lowest BCUT2D eigenvalue weighted by Gasteiger charge is -2.07. The SMILES string of the molecule is NNC(=O)c1occc1Cn1cc(Br)cc(Br)c1=O. The van der Waals surface area contributed by atoms with Crippen molar-refractivity contribution in [3.8, 4) is 0 Å². The van der Waals surface area contributed by atoms with Gasteiger partial charge in [0.2, 0.25) is 0 Å². The zero-order valence-electron chi connectivity index (χ0n) is 9.52. The Morgan fingerprint density at radius 3 is 2.89 bits per heavy atom. The number of hydrazine groups is 1. The van der Waals surface area contributed by atoms with Gasteiger partial charge >= 0.3 is 5.91 Å². The predicted molar refractivity (Wildman–Crippen MR) is 75.6 cm³/mol. The van der Waals surface area contributed by atoms with Crippen LogP contribution >= 0.6 is 31.9 Å². The minimum Gasteiger partial charge on any atom is -0.459 e. The quantitative estimate of drug-likeness (QED) is 0.473. The molecule has 1 amide bonds. The van der Waals surface area contributed by atoms with Crippen molar-refractivity contribution in [2.45, 2.75) is 6.54 Å². The normalized spacial score (nSPS) is 10.5. The smallest absolute Gasteiger partial charge is 0.301 e. The van der Waals surface area contributed by atoms with Crippen LogP contribution in [0.5, 0.6) is 0 Å². The minimum absolute atomic E-state index is 0.0884. The molecule has 0 saturated heterocycles. The van der Waals surface area contributed by atoms with E-state index >= 15 is 0 Å². The molecule has 3 N–H and O–H groups in total. The molecule has 0 unspecified atom stereocenters. The van der Waals surface area contributed by atoms with Crippen LogP contribution in [0.3, 0.4) is 0 Å². The Morgan fingerprint density at radius 2 is 2.21 bits per heavy atom. The maximum Gasteiger partial charge on any atom is 0.301 e. The highest BCUT2D eigenvalue weighted by Gasteiger charge is 2.15. The summed E-state index contributed by atoms with van der Waals surface area (Å²) in [5.74, 6) is 4.61. The van der Waals surface area contributed by atoms with E-state index in [0.717, 1.165) is 4.47 Å². The third kappa shape index (κ3) is 2.96. The molecule has 0 spiro atoms. The Kier molecular flexibility index (Phi) is 4.23. The first-order valence-electron chi connectivity index (χ1n) is 5.15. The van der Waals surface area contributed by atoms with Crippen LogP contribution in [-0.2, 0) is 6.54 Å². The molecule has 0 saturated carbocycles. The lowest BCUT2D eigenvalue weighted by atomic mass is 10.2. The number of carbonyl (C=O) groups excluding carboxylic acids is 1. The molecule has 0 bridgehead atoms. The zero-order valence-corrected chi connectivity index (χ0v) is 12.7. The van der Waals surface area contributed by atoms with Crippen molar-refractivity contribution in [3.05, 3.63) is 55.2 Å². The molecule has 19 heavy (non-hydrogen) atoms. The van der Waals surface area contributed by atoms with Crippen molar-refractivity contribution in [1.29, 1.82) is 0 Å². The summed E-state index contributed by atoms with van der Waals surface area (Å²) in [6.45, 7) is 0.204. The van der Waals surface area contributed by atoms with E-state index in [1.54, 1.807) is 18.3 Å². The van der Waals surface area contributed by atoms with Gasteiger partial charge in [0.25, 0.3) is 5.56 Å². The van der Waals surface area contributed by atoms with Crippen molar-refractivity contribution in [2.24, 2.45) is 5.84 Å². The van der Waals surface area contributed by atoms with Crippen LogP contribution in [0.2, 0.25) is 0 Å². The molecule has 0 atom stereocenters. The number of nitrogens with zero attached hydrogens (tertiary/aromatic N) is 1. The molecule has 8 heteroatoms. The Bertz CT molecular complexity index is 678. The highest BCUT2D eigenvalue weighted by atomic mass is 79.9. The minimum atomic E-state index is -0.540. The van der Waals surface area contributed by atoms with Crippen LogP contribution in [-0.4, -0.2) is 10.5 Å². The molecule has 2 aromatic heterocycles. The topological polar surface area (TPSA) is 90.3 Å². The summed E-state index contributed by atoms with van der Waals surface area (Å²) in [5, 5.41) is 0. The summed E-state index contributed by atoms with van der Waals surface area (Å²) in [6.07, 6.45) is 3.00. The Morgan fingerprint density at radius 1 is 1.47 bits per heavy atom. The summed E-state index contributed by atoms with van der Waals surface area (Å²) in [7, 11) is 0. The monoisotopic (exact) mass is 389 g/mol. The molecule has 6 nitrogen and oxygen atoms in total. The number of halogens is 2. The summed E-state index contributed by atoms with van der Waals surface area (Å²) < 4.78 is 7.68. The number of nitrogen functional groups attached to an aromatic ring is 1. The number of hydrogen-bond donors (Lipinski definition) is 2. The number of nitrogens with one attached hydrogen (secondary N) is 1. The molecule has 2 rings (SSSR count). The number of carbonyl (C=O) groups is 1. The van der Waals surface area contributed by atoms with Crippen molar-refractivity contribution in [3.63, 3.8) is 0 Å². The molecule has 0 aromatic carbocycles. The zero-order chi connectivity index (χ0) is 14.0. The molecule has 0 aliphatic heterocycles. The summed E-state index contributed by atoms with van der Waals surface area (Å²) in [4.78, 5) is 23.4. The fourth-order valence-corrected chi connectivity index (χ4v) is 2.85. The fourth-order valence-electron chi connectivity index (χ4n) is 1.59. The lowest BCUT2D eigenvalue weighted by molar-refractivity contribution is 0.0924. The van der Waals surface area contributed by atoms with E-state index in [1.807, 2.05) is 5.43 Å². The molecule has 2 heterocycles. The molecule has 0 radical (unpaired) electrons. The molecular formula is C11H9Br2N3O3. The second-order valence-electron chi connectivity index (χ2n) is 3.69. The summed E-state index contributed by atoms with van der Waals surface area (Å²) in [6, 6.07) is 3.27. The number of hydrogen-bond acceptors (Lipinski definition) is 4. The molecule has 0 aliphatic carbocycles. The van der Waals surface area contributed by atoms with Crippen molar-refractivity contribution >= 4 is 37.8 Å². The van der Waals surface area contributed by atoms with E-state index in [1.165, 1.54) is 10.8 Å². The van der Waals surface area contributed by atoms with Crippen LogP contribution < -0.4 is 16.8 Å². The lowest BCUT2D eigenvalue weighted by Crippen LogP contribution is -2.31. The van der Waals surface area contributed by atoms with Gasteiger partial charge in [-0.15, -0.1) is 0 Å². The van der Waals surface area contributed by atoms with E-state index in [9.17, 15) is 9.59 Å². The standard InChI is InChI=1S/C11H9Br2N3O3/c12-7-3-8(13)11(18)16(5-7)4-6-1-2-19-9(6)10(17)15-14/h1-3,5H,4,14H2,(H,15,17). The third-order valence-corrected chi connectivity index (χ3v) is 3.44. The average molecular weight is 391 g/mol. The molecule has 100 valence electrons. The number of aromatic nitrogens is 1. The van der Waals surface area contributed by atoms with Crippen LogP contribution in [0.4, 0.5) is 0 Å². The van der Waals surface area contributed by atoms with Gasteiger partial charge in [-0.1, -0.05) is 0 Å². The Balaban J connectivity index is 2.40. The van der Waals surface area contributed by atoms with Gasteiger partial charge in [-0.2, -0.15) is 0 Å². The fraction of sp³-hybridized carbons (Fsp3) is 0.0909. The summed E-state index contributed by atoms with van der Waals surface area (Å²) in [5.41, 5.74) is 2.35. The second kappa shape index (κ2) is 5.72. The average Bonchev–Trinajstić information content (AvgIpc) is 2.82. The van der Waals surface area contributed by atoms with E-state index in [-0.39, 0.29) is 17.9 Å². The highest BCUT2D eigenvalue weighted by Crippen LogP contribution is 2.16. The number of amides is 1. The van der Waals surface area contributed by atoms with Crippen molar-refractivity contribution < 1.29 is 9.21 Å². The summed E-state index contributed by atoms with van der Waals surface area (Å²) >= 11 is 6.48. The molecule has 0 aliphatic rings. The second-order valence-corrected chi connectivity index (χ2v) is 5.46. The molecule has 2 aromatic rings. The van der Waals surface area contributed by atoms with E-state index < -0.39 is 5.91 Å². The number of rotatable bonds is 3. The first-order chi connectivity index (χ1) is 9.02. The van der Waals surface area contributed by atoms with Gasteiger partial charge in [0, 0.05) is 16.2 Å². The van der Waals surface area contributed by atoms with Gasteiger partial charge in [0.05, 0.1) is 17.3 Å². The third-order valence-electron chi connectivity index (χ3n) is 2.43. The van der Waals surface area contributed by atoms with Crippen LogP contribution in [0.1, 0.15) is 16.1 Å². The van der Waals surface area contributed by atoms with Crippen LogP contribution in [0, 0.1) is 0 Å². The number of nitrogens with two attached hydrogens (primary N) is 1. The van der Waals surface area contributed by atoms with Gasteiger partial charge in [-0.05, 0) is 44.0 Å². The Hall–Kier alpha value is -1.38. The van der Waals surface area contributed by atoms with Crippen LogP contribution in [0.25, 0.3) is 0 Å². The van der Waals surface area contributed by atoms with Gasteiger partial charge in [-0.3, -0.25) is 15.0 Å². The van der Waals surface area contributed by atoms with E-state index in [2.05, 4.69) is 31.9 Å². The highest BCUT2D eigenvalue weighted by molar-refractivity contribution is 9.11. The maximum atomic E-state index is 11.9. The van der Waals surface area contributed by atoms with E-state index in [0.29, 0.717) is 10.0 Å². The largest absolute Gasteiger partial charge is 0.459 e. The maximum absolute atomic E-state index is 11.9. The first kappa shape index (κ1) is 14.0. The number of furan rings is 1. The Labute approximate surface area is 124 Å². The predicted octanol–water partition coefficient (Wildman–Crippen LogP) is 1.62. The molecular weight excluding hydrogens is 382 g/mol. The van der Waals surface area contributed by atoms with Crippen LogP contribution in [0.15, 0.2) is 42.7 Å². The molecule has 0 fully saturated rings. The van der Waals surface area contributed by atoms with Gasteiger partial charge in [-0.25, -0.2) is 5.84 Å². The first-order valence-corrected chi connectivity index (χ1v) is 6.74. The van der Waals surface area contributed by atoms with Gasteiger partial charge in [0.15, 0.2) is 5.76 Å². The number of pyridine rings is 1. The van der Waals surface area contributed by atoms with Crippen molar-refractivity contribution in [2.75, 3.05) is 0 Å². The van der Waals surface area contributed by atoms with E-state index in [4.69, 9.17) is 10.3 Å². The van der Waals surface area contributed by atoms with Crippen molar-refractivity contribution in [1.82, 2.24) is 9.99 Å². The van der Waals surface area contributed by atoms with Gasteiger partial charge < -0.3 is 8.98 Å².